The van der Waals surface area contributed by atoms with Gasteiger partial charge in [-0.2, -0.15) is 9.36 Å². The van der Waals surface area contributed by atoms with Crippen molar-refractivity contribution in [2.75, 3.05) is 5.32 Å². The summed E-state index contributed by atoms with van der Waals surface area (Å²) in [6, 6.07) is 1.94. The smallest absolute Gasteiger partial charge is 0.321 e. The fraction of sp³-hybridized carbons (Fsp3) is 0.417. The minimum absolute atomic E-state index is 0.145. The lowest BCUT2D eigenvalue weighted by molar-refractivity contribution is 0.249. The molecule has 2 heterocycles. The number of thiophene rings is 1. The number of carbonyl (C=O) groups excluding carboxylic acids is 1. The van der Waals surface area contributed by atoms with Crippen LogP contribution in [0.15, 0.2) is 11.4 Å². The molecule has 0 saturated heterocycles. The molecule has 0 saturated carbocycles. The third-order valence-corrected chi connectivity index (χ3v) is 4.34. The number of aromatic nitrogens is 2. The van der Waals surface area contributed by atoms with Gasteiger partial charge in [-0.15, -0.1) is 11.3 Å². The molecule has 2 aromatic heterocycles. The maximum Gasteiger partial charge on any atom is 0.321 e. The van der Waals surface area contributed by atoms with Crippen LogP contribution < -0.4 is 10.6 Å². The van der Waals surface area contributed by atoms with E-state index in [1.54, 1.807) is 11.3 Å². The number of nitrogens with one attached hydrogen (secondary N) is 2. The predicted molar refractivity (Wildman–Crippen MR) is 79.9 cm³/mol. The fourth-order valence-corrected chi connectivity index (χ4v) is 2.91. The first kappa shape index (κ1) is 14.0. The SMILES string of the molecule is CCC(C)NC(=O)Nc1nc(-c2sccc2C)ns1. The quantitative estimate of drug-likeness (QED) is 0.907. The molecule has 2 aromatic rings. The summed E-state index contributed by atoms with van der Waals surface area (Å²) >= 11 is 2.80. The molecule has 0 radical (unpaired) electrons. The topological polar surface area (TPSA) is 66.9 Å². The standard InChI is InChI=1S/C12H16N4OS2/c1-4-8(3)13-11(17)15-12-14-10(16-19-12)9-7(2)5-6-18-9/h5-6,8H,4H2,1-3H3,(H2,13,14,15,16,17). The zero-order valence-corrected chi connectivity index (χ0v) is 12.7. The summed E-state index contributed by atoms with van der Waals surface area (Å²) in [5.74, 6) is 0.677. The molecule has 19 heavy (non-hydrogen) atoms. The van der Waals surface area contributed by atoms with Crippen LogP contribution in [-0.2, 0) is 0 Å². The van der Waals surface area contributed by atoms with Crippen LogP contribution in [0.25, 0.3) is 10.7 Å². The van der Waals surface area contributed by atoms with Gasteiger partial charge in [0.15, 0.2) is 5.82 Å². The van der Waals surface area contributed by atoms with Gasteiger partial charge < -0.3 is 5.32 Å². The molecule has 7 heteroatoms. The van der Waals surface area contributed by atoms with Gasteiger partial charge in [0.05, 0.1) is 4.88 Å². The number of urea groups is 1. The van der Waals surface area contributed by atoms with Crippen LogP contribution in [0.5, 0.6) is 0 Å². The van der Waals surface area contributed by atoms with Crippen molar-refractivity contribution in [2.24, 2.45) is 0 Å². The van der Waals surface area contributed by atoms with Crippen LogP contribution in [0.4, 0.5) is 9.93 Å². The van der Waals surface area contributed by atoms with Gasteiger partial charge in [0.1, 0.15) is 0 Å². The lowest BCUT2D eigenvalue weighted by Crippen LogP contribution is -2.35. The summed E-state index contributed by atoms with van der Waals surface area (Å²) < 4.78 is 4.27. The molecular formula is C12H16N4OS2. The van der Waals surface area contributed by atoms with Crippen molar-refractivity contribution in [2.45, 2.75) is 33.2 Å². The molecule has 0 aliphatic rings. The molecule has 102 valence electrons. The second kappa shape index (κ2) is 6.12. The van der Waals surface area contributed by atoms with Crippen molar-refractivity contribution in [3.8, 4) is 10.7 Å². The second-order valence-electron chi connectivity index (χ2n) is 4.26. The van der Waals surface area contributed by atoms with E-state index in [4.69, 9.17) is 0 Å². The highest BCUT2D eigenvalue weighted by molar-refractivity contribution is 7.14. The van der Waals surface area contributed by atoms with Crippen LogP contribution in [0.3, 0.4) is 0 Å². The highest BCUT2D eigenvalue weighted by Gasteiger charge is 2.12. The fourth-order valence-electron chi connectivity index (χ4n) is 1.43. The van der Waals surface area contributed by atoms with Crippen molar-refractivity contribution in [3.05, 3.63) is 17.0 Å². The third kappa shape index (κ3) is 3.51. The van der Waals surface area contributed by atoms with E-state index in [0.29, 0.717) is 11.0 Å². The summed E-state index contributed by atoms with van der Waals surface area (Å²) in [6.07, 6.45) is 0.892. The Balaban J connectivity index is 2.02. The Hall–Kier alpha value is -1.47. The molecule has 0 aromatic carbocycles. The van der Waals surface area contributed by atoms with E-state index in [9.17, 15) is 4.79 Å². The summed E-state index contributed by atoms with van der Waals surface area (Å²) in [6.45, 7) is 6.00. The van der Waals surface area contributed by atoms with Crippen molar-refractivity contribution in [1.82, 2.24) is 14.7 Å². The van der Waals surface area contributed by atoms with Crippen LogP contribution in [0.1, 0.15) is 25.8 Å². The number of hydrogen-bond donors (Lipinski definition) is 2. The number of anilines is 1. The van der Waals surface area contributed by atoms with E-state index in [2.05, 4.69) is 20.0 Å². The van der Waals surface area contributed by atoms with E-state index in [1.807, 2.05) is 32.2 Å². The molecule has 1 unspecified atom stereocenters. The van der Waals surface area contributed by atoms with Gasteiger partial charge >= 0.3 is 6.03 Å². The number of hydrogen-bond acceptors (Lipinski definition) is 5. The first-order valence-electron chi connectivity index (χ1n) is 6.05. The Morgan fingerprint density at radius 3 is 2.95 bits per heavy atom. The lowest BCUT2D eigenvalue weighted by atomic mass is 10.3. The Kier molecular flexibility index (Phi) is 4.49. The number of amides is 2. The first-order valence-corrected chi connectivity index (χ1v) is 7.71. The maximum absolute atomic E-state index is 11.7. The summed E-state index contributed by atoms with van der Waals surface area (Å²) in [4.78, 5) is 17.0. The zero-order chi connectivity index (χ0) is 13.8. The molecule has 0 bridgehead atoms. The highest BCUT2D eigenvalue weighted by atomic mass is 32.1. The van der Waals surface area contributed by atoms with Crippen LogP contribution in [0, 0.1) is 6.92 Å². The molecule has 2 rings (SSSR count). The molecule has 0 fully saturated rings. The van der Waals surface area contributed by atoms with Crippen LogP contribution in [-0.4, -0.2) is 21.4 Å². The van der Waals surface area contributed by atoms with Crippen LogP contribution in [0.2, 0.25) is 0 Å². The summed E-state index contributed by atoms with van der Waals surface area (Å²) in [7, 11) is 0. The highest BCUT2D eigenvalue weighted by Crippen LogP contribution is 2.28. The average molecular weight is 296 g/mol. The molecule has 5 nitrogen and oxygen atoms in total. The Labute approximate surface area is 120 Å². The minimum atomic E-state index is -0.236. The monoisotopic (exact) mass is 296 g/mol. The Morgan fingerprint density at radius 1 is 1.53 bits per heavy atom. The molecular weight excluding hydrogens is 280 g/mol. The zero-order valence-electron chi connectivity index (χ0n) is 11.1. The van der Waals surface area contributed by atoms with Crippen molar-refractivity contribution in [3.63, 3.8) is 0 Å². The molecule has 0 aliphatic carbocycles. The summed E-state index contributed by atoms with van der Waals surface area (Å²) in [5, 5.41) is 8.06. The first-order chi connectivity index (χ1) is 9.10. The molecule has 2 N–H and O–H groups in total. The van der Waals surface area contributed by atoms with Gasteiger partial charge in [-0.1, -0.05) is 6.92 Å². The van der Waals surface area contributed by atoms with Crippen molar-refractivity contribution >= 4 is 34.0 Å². The minimum Gasteiger partial charge on any atom is -0.335 e. The second-order valence-corrected chi connectivity index (χ2v) is 5.93. The number of carbonyl (C=O) groups is 1. The van der Waals surface area contributed by atoms with Gasteiger partial charge in [-0.3, -0.25) is 5.32 Å². The largest absolute Gasteiger partial charge is 0.335 e. The van der Waals surface area contributed by atoms with E-state index in [1.165, 1.54) is 11.5 Å². The van der Waals surface area contributed by atoms with Crippen LogP contribution >= 0.6 is 22.9 Å². The lowest BCUT2D eigenvalue weighted by Gasteiger charge is -2.10. The van der Waals surface area contributed by atoms with Gasteiger partial charge in [-0.05, 0) is 37.3 Å². The Morgan fingerprint density at radius 2 is 2.32 bits per heavy atom. The number of aryl methyl sites for hydroxylation is 1. The van der Waals surface area contributed by atoms with Gasteiger partial charge in [0, 0.05) is 17.6 Å². The molecule has 2 amide bonds. The normalized spacial score (nSPS) is 12.2. The van der Waals surface area contributed by atoms with E-state index in [0.717, 1.165) is 16.9 Å². The Bertz CT molecular complexity index is 564. The van der Waals surface area contributed by atoms with Gasteiger partial charge in [0.2, 0.25) is 5.13 Å². The molecule has 0 aliphatic heterocycles. The van der Waals surface area contributed by atoms with Gasteiger partial charge in [0.25, 0.3) is 0 Å². The maximum atomic E-state index is 11.7. The number of nitrogens with zero attached hydrogens (tertiary/aromatic N) is 2. The predicted octanol–water partition coefficient (Wildman–Crippen LogP) is 3.50. The third-order valence-electron chi connectivity index (χ3n) is 2.70. The van der Waals surface area contributed by atoms with E-state index < -0.39 is 0 Å². The van der Waals surface area contributed by atoms with Crippen molar-refractivity contribution < 1.29 is 4.79 Å². The van der Waals surface area contributed by atoms with Gasteiger partial charge in [-0.25, -0.2) is 4.79 Å². The number of rotatable bonds is 4. The van der Waals surface area contributed by atoms with E-state index >= 15 is 0 Å². The molecule has 1 atom stereocenters. The average Bonchev–Trinajstić information content (AvgIpc) is 2.97. The molecule has 0 spiro atoms. The summed E-state index contributed by atoms with van der Waals surface area (Å²) in [5.41, 5.74) is 1.15. The van der Waals surface area contributed by atoms with Crippen molar-refractivity contribution in [1.29, 1.82) is 0 Å². The van der Waals surface area contributed by atoms with E-state index in [-0.39, 0.29) is 12.1 Å².